The van der Waals surface area contributed by atoms with Gasteiger partial charge in [-0.1, -0.05) is 39.0 Å². The molecule has 0 aromatic heterocycles. The largest absolute Gasteiger partial charge is 0.396 e. The molecule has 3 heteroatoms. The molecule has 1 saturated heterocycles. The summed E-state index contributed by atoms with van der Waals surface area (Å²) in [6, 6.07) is 6.29. The van der Waals surface area contributed by atoms with Gasteiger partial charge in [0.25, 0.3) is 0 Å². The lowest BCUT2D eigenvalue weighted by molar-refractivity contribution is -0.150. The van der Waals surface area contributed by atoms with Crippen molar-refractivity contribution in [2.24, 2.45) is 11.1 Å². The first-order chi connectivity index (χ1) is 8.80. The zero-order chi connectivity index (χ0) is 14.3. The second-order valence-corrected chi connectivity index (χ2v) is 6.81. The van der Waals surface area contributed by atoms with Gasteiger partial charge in [-0.3, -0.25) is 0 Å². The Hall–Kier alpha value is -0.900. The Bertz CT molecular complexity index is 453. The molecule has 1 atom stereocenters. The summed E-state index contributed by atoms with van der Waals surface area (Å²) in [6.07, 6.45) is 0. The minimum atomic E-state index is -0.298. The minimum Gasteiger partial charge on any atom is -0.396 e. The number of aryl methyl sites for hydroxylation is 1. The fourth-order valence-corrected chi connectivity index (χ4v) is 2.55. The van der Waals surface area contributed by atoms with E-state index < -0.39 is 0 Å². The summed E-state index contributed by atoms with van der Waals surface area (Å²) in [6.45, 7) is 9.88. The van der Waals surface area contributed by atoms with E-state index in [-0.39, 0.29) is 23.5 Å². The molecule has 1 aliphatic heterocycles. The van der Waals surface area contributed by atoms with Gasteiger partial charge in [-0.25, -0.2) is 0 Å². The molecule has 1 aliphatic rings. The van der Waals surface area contributed by atoms with Crippen LogP contribution < -0.4 is 5.73 Å². The van der Waals surface area contributed by atoms with Crippen LogP contribution in [0.15, 0.2) is 18.2 Å². The fourth-order valence-electron chi connectivity index (χ4n) is 2.55. The van der Waals surface area contributed by atoms with Crippen molar-refractivity contribution in [1.29, 1.82) is 0 Å². The molecule has 0 spiro atoms. The predicted molar refractivity (Wildman–Crippen MR) is 77.1 cm³/mol. The van der Waals surface area contributed by atoms with Gasteiger partial charge in [-0.2, -0.15) is 0 Å². The van der Waals surface area contributed by atoms with Crippen molar-refractivity contribution in [2.75, 3.05) is 19.8 Å². The maximum Gasteiger partial charge on any atom is 0.0594 e. The van der Waals surface area contributed by atoms with E-state index in [0.29, 0.717) is 13.2 Å². The van der Waals surface area contributed by atoms with E-state index in [4.69, 9.17) is 10.5 Å². The van der Waals surface area contributed by atoms with Crippen LogP contribution in [0.2, 0.25) is 0 Å². The third-order valence-electron chi connectivity index (χ3n) is 4.22. The highest BCUT2D eigenvalue weighted by Crippen LogP contribution is 2.40. The maximum atomic E-state index is 9.58. The number of aliphatic hydroxyl groups is 1. The number of ether oxygens (including phenoxy) is 1. The Morgan fingerprint density at radius 1 is 1.37 bits per heavy atom. The summed E-state index contributed by atoms with van der Waals surface area (Å²) in [7, 11) is 0. The van der Waals surface area contributed by atoms with Gasteiger partial charge in [-0.15, -0.1) is 0 Å². The minimum absolute atomic E-state index is 0.0780. The fraction of sp³-hybridized carbons (Fsp3) is 0.625. The number of hydrogen-bond acceptors (Lipinski definition) is 3. The van der Waals surface area contributed by atoms with Gasteiger partial charge < -0.3 is 15.6 Å². The topological polar surface area (TPSA) is 55.5 Å². The molecular weight excluding hydrogens is 238 g/mol. The SMILES string of the molecule is Cc1cc(C(C)(C)C)ccc1C(N)C1(CO)COC1. The average molecular weight is 263 g/mol. The smallest absolute Gasteiger partial charge is 0.0594 e. The number of hydrogen-bond donors (Lipinski definition) is 2. The Balaban J connectivity index is 2.31. The van der Waals surface area contributed by atoms with Gasteiger partial charge in [0.1, 0.15) is 0 Å². The number of rotatable bonds is 3. The Labute approximate surface area is 115 Å². The highest BCUT2D eigenvalue weighted by Gasteiger charge is 2.44. The van der Waals surface area contributed by atoms with Crippen LogP contribution in [0.5, 0.6) is 0 Å². The molecule has 3 N–H and O–H groups in total. The molecule has 2 rings (SSSR count). The average Bonchev–Trinajstić information content (AvgIpc) is 2.26. The lowest BCUT2D eigenvalue weighted by Crippen LogP contribution is -2.53. The van der Waals surface area contributed by atoms with E-state index in [2.05, 4.69) is 45.9 Å². The first-order valence-electron chi connectivity index (χ1n) is 6.85. The van der Waals surface area contributed by atoms with Gasteiger partial charge in [0.15, 0.2) is 0 Å². The zero-order valence-corrected chi connectivity index (χ0v) is 12.4. The van der Waals surface area contributed by atoms with Crippen molar-refractivity contribution < 1.29 is 9.84 Å². The summed E-state index contributed by atoms with van der Waals surface area (Å²) in [4.78, 5) is 0. The molecule has 1 aromatic rings. The molecule has 0 saturated carbocycles. The van der Waals surface area contributed by atoms with E-state index in [1.165, 1.54) is 11.1 Å². The predicted octanol–water partition coefficient (Wildman–Crippen LogP) is 2.30. The zero-order valence-electron chi connectivity index (χ0n) is 12.4. The van der Waals surface area contributed by atoms with E-state index in [9.17, 15) is 5.11 Å². The maximum absolute atomic E-state index is 9.58. The molecule has 0 aliphatic carbocycles. The Morgan fingerprint density at radius 3 is 2.37 bits per heavy atom. The normalized spacial score (nSPS) is 19.9. The third-order valence-corrected chi connectivity index (χ3v) is 4.22. The van der Waals surface area contributed by atoms with Gasteiger partial charge >= 0.3 is 0 Å². The van der Waals surface area contributed by atoms with E-state index in [1.54, 1.807) is 0 Å². The molecule has 0 amide bonds. The molecule has 1 heterocycles. The Kier molecular flexibility index (Phi) is 3.74. The summed E-state index contributed by atoms with van der Waals surface area (Å²) in [5.41, 5.74) is 9.83. The lowest BCUT2D eigenvalue weighted by Gasteiger charge is -2.45. The molecule has 3 nitrogen and oxygen atoms in total. The summed E-state index contributed by atoms with van der Waals surface area (Å²) < 4.78 is 5.25. The number of aliphatic hydroxyl groups excluding tert-OH is 1. The second-order valence-electron chi connectivity index (χ2n) is 6.81. The van der Waals surface area contributed by atoms with Crippen LogP contribution in [0.1, 0.15) is 43.5 Å². The van der Waals surface area contributed by atoms with Crippen LogP contribution >= 0.6 is 0 Å². The van der Waals surface area contributed by atoms with Gasteiger partial charge in [-0.05, 0) is 29.0 Å². The third kappa shape index (κ3) is 2.55. The van der Waals surface area contributed by atoms with Crippen molar-refractivity contribution >= 4 is 0 Å². The van der Waals surface area contributed by atoms with E-state index >= 15 is 0 Å². The van der Waals surface area contributed by atoms with Crippen LogP contribution in [0.3, 0.4) is 0 Å². The van der Waals surface area contributed by atoms with Crippen LogP contribution in [-0.2, 0) is 10.2 Å². The van der Waals surface area contributed by atoms with Crippen LogP contribution in [0.4, 0.5) is 0 Å². The molecule has 19 heavy (non-hydrogen) atoms. The Morgan fingerprint density at radius 2 is 2.00 bits per heavy atom. The van der Waals surface area contributed by atoms with E-state index in [0.717, 1.165) is 5.56 Å². The van der Waals surface area contributed by atoms with Crippen molar-refractivity contribution in [3.05, 3.63) is 34.9 Å². The second kappa shape index (κ2) is 4.89. The van der Waals surface area contributed by atoms with Crippen molar-refractivity contribution in [1.82, 2.24) is 0 Å². The van der Waals surface area contributed by atoms with Crippen molar-refractivity contribution in [2.45, 2.75) is 39.2 Å². The van der Waals surface area contributed by atoms with Crippen molar-refractivity contribution in [3.63, 3.8) is 0 Å². The molecule has 106 valence electrons. The quantitative estimate of drug-likeness (QED) is 0.880. The lowest BCUT2D eigenvalue weighted by atomic mass is 9.74. The van der Waals surface area contributed by atoms with E-state index in [1.807, 2.05) is 0 Å². The standard InChI is InChI=1S/C16H25NO2/c1-11-7-12(15(2,3)4)5-6-13(11)14(17)16(8-18)9-19-10-16/h5-7,14,18H,8-10,17H2,1-4H3. The molecular formula is C16H25NO2. The number of benzene rings is 1. The van der Waals surface area contributed by atoms with Crippen LogP contribution in [-0.4, -0.2) is 24.9 Å². The molecule has 0 bridgehead atoms. The number of nitrogens with two attached hydrogens (primary N) is 1. The van der Waals surface area contributed by atoms with Gasteiger partial charge in [0, 0.05) is 6.04 Å². The summed E-state index contributed by atoms with van der Waals surface area (Å²) in [5, 5.41) is 9.58. The monoisotopic (exact) mass is 263 g/mol. The van der Waals surface area contributed by atoms with Crippen molar-refractivity contribution in [3.8, 4) is 0 Å². The molecule has 1 fully saturated rings. The first kappa shape index (κ1) is 14.5. The summed E-state index contributed by atoms with van der Waals surface area (Å²) in [5.74, 6) is 0. The summed E-state index contributed by atoms with van der Waals surface area (Å²) >= 11 is 0. The highest BCUT2D eigenvalue weighted by molar-refractivity contribution is 5.37. The van der Waals surface area contributed by atoms with Crippen LogP contribution in [0, 0.1) is 12.3 Å². The highest BCUT2D eigenvalue weighted by atomic mass is 16.5. The molecule has 1 aromatic carbocycles. The first-order valence-corrected chi connectivity index (χ1v) is 6.85. The van der Waals surface area contributed by atoms with Gasteiger partial charge in [0.05, 0.1) is 25.2 Å². The van der Waals surface area contributed by atoms with Crippen LogP contribution in [0.25, 0.3) is 0 Å². The molecule has 1 unspecified atom stereocenters. The molecule has 0 radical (unpaired) electrons. The van der Waals surface area contributed by atoms with Gasteiger partial charge in [0.2, 0.25) is 0 Å².